The largest absolute Gasteiger partial charge is 0.351 e. The zero-order valence-corrected chi connectivity index (χ0v) is 22.6. The van der Waals surface area contributed by atoms with Gasteiger partial charge in [-0.25, -0.2) is 9.37 Å². The second-order valence-corrected chi connectivity index (χ2v) is 9.83. The van der Waals surface area contributed by atoms with Crippen molar-refractivity contribution >= 4 is 17.6 Å². The predicted molar refractivity (Wildman–Crippen MR) is 154 cm³/mol. The van der Waals surface area contributed by atoms with Gasteiger partial charge in [-0.15, -0.1) is 0 Å². The van der Waals surface area contributed by atoms with Crippen molar-refractivity contribution in [3.05, 3.63) is 118 Å². The SMILES string of the molecule is CC[C@@H](C)C(=O)Nc1ncc(-c2ccc(F)cc2)n(CC(=O)NC(Cc2ccccc2)Cc2ccccc2)c1=O. The van der Waals surface area contributed by atoms with Crippen LogP contribution in [0.15, 0.2) is 95.9 Å². The summed E-state index contributed by atoms with van der Waals surface area (Å²) < 4.78 is 14.9. The van der Waals surface area contributed by atoms with Crippen LogP contribution in [-0.4, -0.2) is 27.4 Å². The average Bonchev–Trinajstić information content (AvgIpc) is 2.96. The molecule has 1 aromatic heterocycles. The van der Waals surface area contributed by atoms with Crippen molar-refractivity contribution in [3.63, 3.8) is 0 Å². The summed E-state index contributed by atoms with van der Waals surface area (Å²) in [5.74, 6) is -1.60. The number of nitrogens with zero attached hydrogens (tertiary/aromatic N) is 2. The van der Waals surface area contributed by atoms with Gasteiger partial charge in [-0.1, -0.05) is 74.5 Å². The molecule has 8 heteroatoms. The fraction of sp³-hybridized carbons (Fsp3) is 0.250. The normalized spacial score (nSPS) is 11.7. The van der Waals surface area contributed by atoms with Gasteiger partial charge in [-0.3, -0.25) is 19.0 Å². The number of hydrogen-bond acceptors (Lipinski definition) is 4. The Bertz CT molecular complexity index is 1450. The van der Waals surface area contributed by atoms with Gasteiger partial charge in [0.2, 0.25) is 11.8 Å². The fourth-order valence-electron chi connectivity index (χ4n) is 4.40. The van der Waals surface area contributed by atoms with Gasteiger partial charge < -0.3 is 10.6 Å². The highest BCUT2D eigenvalue weighted by Crippen LogP contribution is 2.19. The predicted octanol–water partition coefficient (Wildman–Crippen LogP) is 5.00. The number of benzene rings is 3. The molecule has 206 valence electrons. The summed E-state index contributed by atoms with van der Waals surface area (Å²) in [7, 11) is 0. The van der Waals surface area contributed by atoms with E-state index in [0.29, 0.717) is 30.5 Å². The number of aromatic nitrogens is 2. The Morgan fingerprint density at radius 1 is 0.900 bits per heavy atom. The number of rotatable bonds is 11. The maximum Gasteiger partial charge on any atom is 0.294 e. The van der Waals surface area contributed by atoms with Crippen LogP contribution < -0.4 is 16.2 Å². The zero-order valence-electron chi connectivity index (χ0n) is 22.6. The average molecular weight is 541 g/mol. The lowest BCUT2D eigenvalue weighted by Gasteiger charge is -2.21. The lowest BCUT2D eigenvalue weighted by Crippen LogP contribution is -2.42. The number of amides is 2. The van der Waals surface area contributed by atoms with Gasteiger partial charge in [-0.05, 0) is 54.7 Å². The maximum absolute atomic E-state index is 13.6. The topological polar surface area (TPSA) is 93.1 Å². The third-order valence-corrected chi connectivity index (χ3v) is 6.81. The number of carbonyl (C=O) groups is 2. The Kier molecular flexibility index (Phi) is 9.57. The van der Waals surface area contributed by atoms with Gasteiger partial charge in [0.15, 0.2) is 5.82 Å². The van der Waals surface area contributed by atoms with Crippen LogP contribution in [0.2, 0.25) is 0 Å². The minimum absolute atomic E-state index is 0.158. The second kappa shape index (κ2) is 13.5. The molecule has 1 heterocycles. The number of anilines is 1. The first-order valence-corrected chi connectivity index (χ1v) is 13.4. The fourth-order valence-corrected chi connectivity index (χ4v) is 4.40. The van der Waals surface area contributed by atoms with Crippen molar-refractivity contribution in [2.45, 2.75) is 45.7 Å². The molecule has 0 bridgehead atoms. The highest BCUT2D eigenvalue weighted by atomic mass is 19.1. The van der Waals surface area contributed by atoms with E-state index in [-0.39, 0.29) is 36.1 Å². The molecule has 0 unspecified atom stereocenters. The first kappa shape index (κ1) is 28.4. The maximum atomic E-state index is 13.6. The van der Waals surface area contributed by atoms with Crippen molar-refractivity contribution in [3.8, 4) is 11.3 Å². The number of hydrogen-bond donors (Lipinski definition) is 2. The zero-order chi connectivity index (χ0) is 28.5. The van der Waals surface area contributed by atoms with E-state index in [1.807, 2.05) is 67.6 Å². The lowest BCUT2D eigenvalue weighted by atomic mass is 9.99. The third kappa shape index (κ3) is 7.50. The smallest absolute Gasteiger partial charge is 0.294 e. The van der Waals surface area contributed by atoms with Crippen LogP contribution in [0, 0.1) is 11.7 Å². The Balaban J connectivity index is 1.63. The third-order valence-electron chi connectivity index (χ3n) is 6.81. The summed E-state index contributed by atoms with van der Waals surface area (Å²) >= 11 is 0. The van der Waals surface area contributed by atoms with E-state index >= 15 is 0 Å². The van der Waals surface area contributed by atoms with Crippen molar-refractivity contribution in [1.82, 2.24) is 14.9 Å². The van der Waals surface area contributed by atoms with Gasteiger partial charge in [0.05, 0.1) is 11.9 Å². The number of carbonyl (C=O) groups excluding carboxylic acids is 2. The van der Waals surface area contributed by atoms with Gasteiger partial charge in [-0.2, -0.15) is 0 Å². The molecule has 0 saturated carbocycles. The molecule has 0 fully saturated rings. The van der Waals surface area contributed by atoms with Gasteiger partial charge >= 0.3 is 0 Å². The van der Waals surface area contributed by atoms with E-state index < -0.39 is 11.4 Å². The number of halogens is 1. The molecule has 4 rings (SSSR count). The second-order valence-electron chi connectivity index (χ2n) is 9.83. The minimum atomic E-state index is -0.615. The van der Waals surface area contributed by atoms with Crippen molar-refractivity contribution < 1.29 is 14.0 Å². The molecule has 0 saturated heterocycles. The molecule has 3 aromatic carbocycles. The molecule has 2 N–H and O–H groups in total. The lowest BCUT2D eigenvalue weighted by molar-refractivity contribution is -0.122. The first-order valence-electron chi connectivity index (χ1n) is 13.4. The van der Waals surface area contributed by atoms with Gasteiger partial charge in [0.25, 0.3) is 5.56 Å². The molecule has 40 heavy (non-hydrogen) atoms. The molecule has 4 aromatic rings. The van der Waals surface area contributed by atoms with Crippen LogP contribution >= 0.6 is 0 Å². The highest BCUT2D eigenvalue weighted by molar-refractivity contribution is 5.91. The standard InChI is InChI=1S/C32H33FN4O3/c1-3-22(2)31(39)36-30-32(40)37(28(20-34-30)25-14-16-26(33)17-15-25)21-29(38)35-27(18-23-10-6-4-7-11-23)19-24-12-8-5-9-13-24/h4-17,20,22,27H,3,18-19,21H2,1-2H3,(H,35,38)(H,34,36,39)/t22-/m1/s1. The quantitative estimate of drug-likeness (QED) is 0.280. The minimum Gasteiger partial charge on any atom is -0.351 e. The molecular weight excluding hydrogens is 507 g/mol. The molecule has 0 radical (unpaired) electrons. The summed E-state index contributed by atoms with van der Waals surface area (Å²) in [4.78, 5) is 43.6. The Morgan fingerprint density at radius 2 is 1.48 bits per heavy atom. The summed E-state index contributed by atoms with van der Waals surface area (Å²) in [5.41, 5.74) is 2.39. The Labute approximate surface area is 233 Å². The first-order chi connectivity index (χ1) is 19.3. The molecular formula is C32H33FN4O3. The van der Waals surface area contributed by atoms with Gasteiger partial charge in [0, 0.05) is 17.5 Å². The van der Waals surface area contributed by atoms with E-state index in [2.05, 4.69) is 15.6 Å². The molecule has 0 aliphatic carbocycles. The highest BCUT2D eigenvalue weighted by Gasteiger charge is 2.20. The molecule has 2 amide bonds. The van der Waals surface area contributed by atoms with Crippen molar-refractivity contribution in [1.29, 1.82) is 0 Å². The molecule has 0 aliphatic heterocycles. The molecule has 0 aliphatic rings. The van der Waals surface area contributed by atoms with Crippen LogP contribution in [0.5, 0.6) is 0 Å². The molecule has 1 atom stereocenters. The van der Waals surface area contributed by atoms with Crippen LogP contribution in [-0.2, 0) is 29.0 Å². The van der Waals surface area contributed by atoms with Gasteiger partial charge in [0.1, 0.15) is 12.4 Å². The molecule has 0 spiro atoms. The van der Waals surface area contributed by atoms with Crippen LogP contribution in [0.4, 0.5) is 10.2 Å². The monoisotopic (exact) mass is 540 g/mol. The van der Waals surface area contributed by atoms with E-state index in [0.717, 1.165) is 11.1 Å². The van der Waals surface area contributed by atoms with Crippen LogP contribution in [0.3, 0.4) is 0 Å². The summed E-state index contributed by atoms with van der Waals surface area (Å²) in [6.45, 7) is 3.33. The summed E-state index contributed by atoms with van der Waals surface area (Å²) in [5, 5.41) is 5.69. The van der Waals surface area contributed by atoms with Crippen molar-refractivity contribution in [2.24, 2.45) is 5.92 Å². The van der Waals surface area contributed by atoms with E-state index in [1.165, 1.54) is 35.0 Å². The van der Waals surface area contributed by atoms with Crippen LogP contribution in [0.1, 0.15) is 31.4 Å². The van der Waals surface area contributed by atoms with E-state index in [4.69, 9.17) is 0 Å². The number of nitrogens with one attached hydrogen (secondary N) is 2. The molecule has 7 nitrogen and oxygen atoms in total. The summed E-state index contributed by atoms with van der Waals surface area (Å²) in [6.07, 6.45) is 3.22. The van der Waals surface area contributed by atoms with Crippen molar-refractivity contribution in [2.75, 3.05) is 5.32 Å². The van der Waals surface area contributed by atoms with Crippen LogP contribution in [0.25, 0.3) is 11.3 Å². The Morgan fingerprint density at radius 3 is 2.02 bits per heavy atom. The summed E-state index contributed by atoms with van der Waals surface area (Å²) in [6, 6.07) is 25.1. The van der Waals surface area contributed by atoms with E-state index in [9.17, 15) is 18.8 Å². The van der Waals surface area contributed by atoms with E-state index in [1.54, 1.807) is 6.92 Å². The Hall–Kier alpha value is -4.59.